The average molecular weight is 310 g/mol. The van der Waals surface area contributed by atoms with Crippen molar-refractivity contribution >= 4 is 21.8 Å². The molecule has 1 N–H and O–H groups in total. The van der Waals surface area contributed by atoms with Crippen LogP contribution in [-0.2, 0) is 6.54 Å². The lowest BCUT2D eigenvalue weighted by atomic mass is 10.2. The van der Waals surface area contributed by atoms with Gasteiger partial charge < -0.3 is 14.4 Å². The number of phenolic OH excluding ortho intramolecular Hbond substituents is 1. The van der Waals surface area contributed by atoms with Crippen molar-refractivity contribution in [2.45, 2.75) is 6.54 Å². The van der Waals surface area contributed by atoms with E-state index in [1.165, 1.54) is 11.0 Å². The highest BCUT2D eigenvalue weighted by Gasteiger charge is 2.16. The summed E-state index contributed by atoms with van der Waals surface area (Å²) in [6.45, 7) is 0.346. The van der Waals surface area contributed by atoms with E-state index < -0.39 is 0 Å². The van der Waals surface area contributed by atoms with Crippen LogP contribution in [-0.4, -0.2) is 23.0 Å². The second-order valence-electron chi connectivity index (χ2n) is 3.88. The fourth-order valence-corrected chi connectivity index (χ4v) is 1.94. The van der Waals surface area contributed by atoms with Gasteiger partial charge in [-0.3, -0.25) is 4.79 Å². The van der Waals surface area contributed by atoms with Crippen molar-refractivity contribution in [1.29, 1.82) is 0 Å². The average Bonchev–Trinajstić information content (AvgIpc) is 2.74. The molecule has 94 valence electrons. The SMILES string of the molecule is CN(Cc1ccc(Br)o1)C(=O)c1ccccc1O. The zero-order chi connectivity index (χ0) is 13.1. The molecule has 0 radical (unpaired) electrons. The van der Waals surface area contributed by atoms with Gasteiger partial charge in [-0.2, -0.15) is 0 Å². The Balaban J connectivity index is 2.12. The Morgan fingerprint density at radius 1 is 1.33 bits per heavy atom. The molecule has 0 saturated heterocycles. The molecule has 2 aromatic rings. The van der Waals surface area contributed by atoms with Gasteiger partial charge in [0.1, 0.15) is 11.5 Å². The number of nitrogens with zero attached hydrogens (tertiary/aromatic N) is 1. The van der Waals surface area contributed by atoms with Gasteiger partial charge in [0.05, 0.1) is 12.1 Å². The second kappa shape index (κ2) is 5.27. The summed E-state index contributed by atoms with van der Waals surface area (Å²) >= 11 is 3.21. The smallest absolute Gasteiger partial charge is 0.257 e. The van der Waals surface area contributed by atoms with Gasteiger partial charge in [0.2, 0.25) is 0 Å². The molecule has 0 bridgehead atoms. The Hall–Kier alpha value is -1.75. The van der Waals surface area contributed by atoms with Crippen LogP contribution in [0.3, 0.4) is 0 Å². The molecule has 5 heteroatoms. The molecule has 0 aliphatic heterocycles. The number of carbonyl (C=O) groups is 1. The summed E-state index contributed by atoms with van der Waals surface area (Å²) in [5.74, 6) is 0.406. The summed E-state index contributed by atoms with van der Waals surface area (Å²) in [6, 6.07) is 10.0. The van der Waals surface area contributed by atoms with E-state index in [0.29, 0.717) is 17.0 Å². The minimum Gasteiger partial charge on any atom is -0.507 e. The third kappa shape index (κ3) is 2.73. The summed E-state index contributed by atoms with van der Waals surface area (Å²) in [4.78, 5) is 13.6. The van der Waals surface area contributed by atoms with Crippen LogP contribution < -0.4 is 0 Å². The van der Waals surface area contributed by atoms with Crippen LogP contribution in [0.4, 0.5) is 0 Å². The van der Waals surface area contributed by atoms with Crippen LogP contribution in [0.1, 0.15) is 16.1 Å². The Morgan fingerprint density at radius 3 is 2.67 bits per heavy atom. The number of aromatic hydroxyl groups is 1. The Morgan fingerprint density at radius 2 is 2.06 bits per heavy atom. The largest absolute Gasteiger partial charge is 0.507 e. The van der Waals surface area contributed by atoms with Crippen LogP contribution in [0, 0.1) is 0 Å². The van der Waals surface area contributed by atoms with Crippen molar-refractivity contribution < 1.29 is 14.3 Å². The lowest BCUT2D eigenvalue weighted by Crippen LogP contribution is -2.26. The van der Waals surface area contributed by atoms with Crippen molar-refractivity contribution in [2.24, 2.45) is 0 Å². The van der Waals surface area contributed by atoms with Crippen molar-refractivity contribution in [3.63, 3.8) is 0 Å². The molecule has 1 aromatic heterocycles. The number of furan rings is 1. The summed E-state index contributed by atoms with van der Waals surface area (Å²) in [5, 5.41) is 9.62. The molecule has 18 heavy (non-hydrogen) atoms. The van der Waals surface area contributed by atoms with Crippen LogP contribution >= 0.6 is 15.9 Å². The third-order valence-electron chi connectivity index (χ3n) is 2.50. The molecule has 0 saturated carbocycles. The number of hydrogen-bond donors (Lipinski definition) is 1. The van der Waals surface area contributed by atoms with Gasteiger partial charge in [0.25, 0.3) is 5.91 Å². The minimum atomic E-state index is -0.249. The van der Waals surface area contributed by atoms with Crippen molar-refractivity contribution in [1.82, 2.24) is 4.90 Å². The molecule has 0 aliphatic rings. The lowest BCUT2D eigenvalue weighted by molar-refractivity contribution is 0.0772. The number of rotatable bonds is 3. The van der Waals surface area contributed by atoms with Crippen LogP contribution in [0.2, 0.25) is 0 Å². The van der Waals surface area contributed by atoms with Crippen LogP contribution in [0.5, 0.6) is 5.75 Å². The number of amides is 1. The maximum Gasteiger partial charge on any atom is 0.257 e. The monoisotopic (exact) mass is 309 g/mol. The maximum atomic E-state index is 12.1. The molecular weight excluding hydrogens is 298 g/mol. The highest BCUT2D eigenvalue weighted by Crippen LogP contribution is 2.20. The lowest BCUT2D eigenvalue weighted by Gasteiger charge is -2.16. The molecule has 0 aliphatic carbocycles. The van der Waals surface area contributed by atoms with E-state index in [0.717, 1.165) is 0 Å². The van der Waals surface area contributed by atoms with E-state index in [-0.39, 0.29) is 17.2 Å². The topological polar surface area (TPSA) is 53.7 Å². The highest BCUT2D eigenvalue weighted by atomic mass is 79.9. The molecule has 0 fully saturated rings. The fourth-order valence-electron chi connectivity index (χ4n) is 1.60. The Bertz CT molecular complexity index is 565. The number of benzene rings is 1. The highest BCUT2D eigenvalue weighted by molar-refractivity contribution is 9.10. The van der Waals surface area contributed by atoms with Gasteiger partial charge in [-0.05, 0) is 40.2 Å². The molecular formula is C13H12BrNO3. The minimum absolute atomic E-state index is 0.0185. The molecule has 0 atom stereocenters. The standard InChI is InChI=1S/C13H12BrNO3/c1-15(8-9-6-7-12(14)18-9)13(17)10-4-2-3-5-11(10)16/h2-7,16H,8H2,1H3. The van der Waals surface area contributed by atoms with Gasteiger partial charge in [0, 0.05) is 7.05 Å². The first-order chi connectivity index (χ1) is 8.58. The van der Waals surface area contributed by atoms with Crippen LogP contribution in [0.15, 0.2) is 45.5 Å². The molecule has 2 rings (SSSR count). The number of halogens is 1. The third-order valence-corrected chi connectivity index (χ3v) is 2.93. The predicted octanol–water partition coefficient (Wildman–Crippen LogP) is 3.02. The first-order valence-electron chi connectivity index (χ1n) is 5.35. The first-order valence-corrected chi connectivity index (χ1v) is 6.15. The summed E-state index contributed by atoms with van der Waals surface area (Å²) in [5.41, 5.74) is 0.283. The molecule has 4 nitrogen and oxygen atoms in total. The number of phenols is 1. The maximum absolute atomic E-state index is 12.1. The van der Waals surface area contributed by atoms with Crippen LogP contribution in [0.25, 0.3) is 0 Å². The van der Waals surface area contributed by atoms with E-state index >= 15 is 0 Å². The molecule has 1 aromatic carbocycles. The van der Waals surface area contributed by atoms with Gasteiger partial charge in [-0.1, -0.05) is 12.1 Å². The van der Waals surface area contributed by atoms with Gasteiger partial charge in [-0.15, -0.1) is 0 Å². The van der Waals surface area contributed by atoms with Crippen molar-refractivity contribution in [3.8, 4) is 5.75 Å². The molecule has 0 unspecified atom stereocenters. The predicted molar refractivity (Wildman–Crippen MR) is 70.3 cm³/mol. The Labute approximate surface area is 113 Å². The number of para-hydroxylation sites is 1. The van der Waals surface area contributed by atoms with E-state index in [2.05, 4.69) is 15.9 Å². The number of carbonyl (C=O) groups excluding carboxylic acids is 1. The summed E-state index contributed by atoms with van der Waals surface area (Å²) in [6.07, 6.45) is 0. The zero-order valence-corrected chi connectivity index (χ0v) is 11.3. The quantitative estimate of drug-likeness (QED) is 0.948. The zero-order valence-electron chi connectivity index (χ0n) is 9.76. The first kappa shape index (κ1) is 12.7. The molecule has 1 heterocycles. The molecule has 1 amide bonds. The second-order valence-corrected chi connectivity index (χ2v) is 4.67. The van der Waals surface area contributed by atoms with Crippen molar-refractivity contribution in [3.05, 3.63) is 52.4 Å². The van der Waals surface area contributed by atoms with E-state index in [4.69, 9.17) is 4.42 Å². The normalized spacial score (nSPS) is 10.3. The van der Waals surface area contributed by atoms with Gasteiger partial charge in [-0.25, -0.2) is 0 Å². The van der Waals surface area contributed by atoms with E-state index in [1.807, 2.05) is 0 Å². The molecule has 0 spiro atoms. The van der Waals surface area contributed by atoms with Gasteiger partial charge in [0.15, 0.2) is 4.67 Å². The Kier molecular flexibility index (Phi) is 3.72. The summed E-state index contributed by atoms with van der Waals surface area (Å²) < 4.78 is 5.96. The number of hydrogen-bond acceptors (Lipinski definition) is 3. The van der Waals surface area contributed by atoms with Crippen molar-refractivity contribution in [2.75, 3.05) is 7.05 Å². The summed E-state index contributed by atoms with van der Waals surface area (Å²) in [7, 11) is 1.66. The van der Waals surface area contributed by atoms with Gasteiger partial charge >= 0.3 is 0 Å². The van der Waals surface area contributed by atoms with E-state index in [1.54, 1.807) is 37.4 Å². The fraction of sp³-hybridized carbons (Fsp3) is 0.154. The van der Waals surface area contributed by atoms with E-state index in [9.17, 15) is 9.90 Å².